The van der Waals surface area contributed by atoms with Crippen molar-refractivity contribution in [2.45, 2.75) is 30.4 Å². The summed E-state index contributed by atoms with van der Waals surface area (Å²) in [5.41, 5.74) is 7.23. The Morgan fingerprint density at radius 3 is 2.41 bits per heavy atom. The molecule has 6 nitrogen and oxygen atoms in total. The molecule has 8 heteroatoms. The van der Waals surface area contributed by atoms with E-state index in [9.17, 15) is 13.2 Å². The molecule has 0 radical (unpaired) electrons. The van der Waals surface area contributed by atoms with E-state index < -0.39 is 28.1 Å². The largest absolute Gasteiger partial charge is 0.367 e. The van der Waals surface area contributed by atoms with Gasteiger partial charge >= 0.3 is 0 Å². The smallest absolute Gasteiger partial charge is 0.247 e. The van der Waals surface area contributed by atoms with Gasteiger partial charge < -0.3 is 10.5 Å². The lowest BCUT2D eigenvalue weighted by Crippen LogP contribution is -2.56. The topological polar surface area (TPSA) is 89.7 Å². The highest BCUT2D eigenvalue weighted by atomic mass is 35.5. The summed E-state index contributed by atoms with van der Waals surface area (Å²) in [4.78, 5) is 11.8. The zero-order chi connectivity index (χ0) is 19.6. The quantitative estimate of drug-likeness (QED) is 0.820. The van der Waals surface area contributed by atoms with Gasteiger partial charge in [-0.3, -0.25) is 4.79 Å². The van der Waals surface area contributed by atoms with Gasteiger partial charge in [0.1, 0.15) is 6.10 Å². The summed E-state index contributed by atoms with van der Waals surface area (Å²) in [6.07, 6.45) is -0.528. The highest BCUT2D eigenvalue weighted by Crippen LogP contribution is 2.25. The number of amides is 1. The maximum atomic E-state index is 13.2. The number of morpholine rings is 1. The maximum Gasteiger partial charge on any atom is 0.247 e. The standard InChI is InChI=1S/C19H21ClN2O4S/c1-13-2-8-17(9-3-13)27(24,25)22-11-18(19(21)23)26-12-16(22)10-14-4-6-15(20)7-5-14/h2-9,16,18H,10-12H2,1H3,(H2,21,23)/t16-,18-/m0/s1. The Bertz CT molecular complexity index is 914. The number of carbonyl (C=O) groups excluding carboxylic acids is 1. The van der Waals surface area contributed by atoms with Crippen molar-refractivity contribution in [2.24, 2.45) is 5.73 Å². The first-order valence-electron chi connectivity index (χ1n) is 8.51. The van der Waals surface area contributed by atoms with Gasteiger partial charge in [-0.1, -0.05) is 41.4 Å². The van der Waals surface area contributed by atoms with Crippen molar-refractivity contribution in [1.29, 1.82) is 0 Å². The van der Waals surface area contributed by atoms with E-state index in [0.717, 1.165) is 11.1 Å². The highest BCUT2D eigenvalue weighted by molar-refractivity contribution is 7.89. The van der Waals surface area contributed by atoms with E-state index in [1.165, 1.54) is 4.31 Å². The molecule has 2 atom stereocenters. The molecule has 1 heterocycles. The lowest BCUT2D eigenvalue weighted by atomic mass is 10.1. The van der Waals surface area contributed by atoms with E-state index in [1.54, 1.807) is 36.4 Å². The molecular formula is C19H21ClN2O4S. The molecule has 1 saturated heterocycles. The lowest BCUT2D eigenvalue weighted by molar-refractivity contribution is -0.135. The van der Waals surface area contributed by atoms with Crippen LogP contribution >= 0.6 is 11.6 Å². The van der Waals surface area contributed by atoms with Gasteiger partial charge in [-0.15, -0.1) is 0 Å². The third-order valence-electron chi connectivity index (χ3n) is 4.57. The zero-order valence-corrected chi connectivity index (χ0v) is 16.4. The van der Waals surface area contributed by atoms with Crippen molar-refractivity contribution in [1.82, 2.24) is 4.31 Å². The predicted octanol–water partition coefficient (Wildman–Crippen LogP) is 2.13. The Labute approximate surface area is 163 Å². The summed E-state index contributed by atoms with van der Waals surface area (Å²) in [7, 11) is -3.80. The second-order valence-electron chi connectivity index (χ2n) is 6.60. The second kappa shape index (κ2) is 7.98. The predicted molar refractivity (Wildman–Crippen MR) is 103 cm³/mol. The Kier molecular flexibility index (Phi) is 5.86. The lowest BCUT2D eigenvalue weighted by Gasteiger charge is -2.37. The van der Waals surface area contributed by atoms with E-state index in [-0.39, 0.29) is 18.0 Å². The van der Waals surface area contributed by atoms with Crippen LogP contribution in [0.4, 0.5) is 0 Å². The molecule has 2 aromatic carbocycles. The second-order valence-corrected chi connectivity index (χ2v) is 8.92. The molecule has 2 N–H and O–H groups in total. The average Bonchev–Trinajstić information content (AvgIpc) is 2.64. The molecule has 0 spiro atoms. The first-order chi connectivity index (χ1) is 12.8. The van der Waals surface area contributed by atoms with Crippen LogP contribution < -0.4 is 5.73 Å². The number of hydrogen-bond donors (Lipinski definition) is 1. The third-order valence-corrected chi connectivity index (χ3v) is 6.76. The molecule has 0 saturated carbocycles. The van der Waals surface area contributed by atoms with Crippen molar-refractivity contribution in [3.05, 3.63) is 64.7 Å². The van der Waals surface area contributed by atoms with E-state index in [2.05, 4.69) is 0 Å². The van der Waals surface area contributed by atoms with Crippen LogP contribution in [0.1, 0.15) is 11.1 Å². The Hall–Kier alpha value is -1.93. The number of hydrogen-bond acceptors (Lipinski definition) is 4. The summed E-state index contributed by atoms with van der Waals surface area (Å²) >= 11 is 5.92. The molecule has 1 amide bonds. The summed E-state index contributed by atoms with van der Waals surface area (Å²) in [6, 6.07) is 13.4. The van der Waals surface area contributed by atoms with Gasteiger partial charge in [0.2, 0.25) is 15.9 Å². The van der Waals surface area contributed by atoms with E-state index in [1.807, 2.05) is 19.1 Å². The Morgan fingerprint density at radius 1 is 1.19 bits per heavy atom. The Morgan fingerprint density at radius 2 is 1.81 bits per heavy atom. The molecule has 27 heavy (non-hydrogen) atoms. The third kappa shape index (κ3) is 4.50. The van der Waals surface area contributed by atoms with Gasteiger partial charge in [0, 0.05) is 11.6 Å². The van der Waals surface area contributed by atoms with Gasteiger partial charge in [0.25, 0.3) is 0 Å². The van der Waals surface area contributed by atoms with Crippen molar-refractivity contribution >= 4 is 27.5 Å². The van der Waals surface area contributed by atoms with E-state index in [0.29, 0.717) is 11.4 Å². The molecule has 1 fully saturated rings. The molecule has 1 aliphatic rings. The number of carbonyl (C=O) groups is 1. The number of nitrogens with zero attached hydrogens (tertiary/aromatic N) is 1. The van der Waals surface area contributed by atoms with Gasteiger partial charge in [-0.2, -0.15) is 4.31 Å². The van der Waals surface area contributed by atoms with Crippen molar-refractivity contribution < 1.29 is 17.9 Å². The van der Waals surface area contributed by atoms with Gasteiger partial charge in [0.05, 0.1) is 17.5 Å². The number of aryl methyl sites for hydroxylation is 1. The van der Waals surface area contributed by atoms with Crippen LogP contribution in [0.25, 0.3) is 0 Å². The number of nitrogens with two attached hydrogens (primary N) is 1. The molecule has 0 bridgehead atoms. The van der Waals surface area contributed by atoms with Crippen molar-refractivity contribution in [3.8, 4) is 0 Å². The van der Waals surface area contributed by atoms with Crippen LogP contribution in [-0.2, 0) is 26.0 Å². The minimum atomic E-state index is -3.80. The fourth-order valence-electron chi connectivity index (χ4n) is 3.04. The Balaban J connectivity index is 1.92. The van der Waals surface area contributed by atoms with Crippen LogP contribution in [-0.4, -0.2) is 43.9 Å². The molecule has 1 aliphatic heterocycles. The number of halogens is 1. The van der Waals surface area contributed by atoms with Crippen LogP contribution in [0.15, 0.2) is 53.4 Å². The van der Waals surface area contributed by atoms with Crippen molar-refractivity contribution in [2.75, 3.05) is 13.2 Å². The normalized spacial score (nSPS) is 21.1. The summed E-state index contributed by atoms with van der Waals surface area (Å²) in [6.45, 7) is 1.86. The fraction of sp³-hybridized carbons (Fsp3) is 0.316. The SMILES string of the molecule is Cc1ccc(S(=O)(=O)N2C[C@@H](C(N)=O)OC[C@@H]2Cc2ccc(Cl)cc2)cc1. The number of ether oxygens (including phenoxy) is 1. The number of rotatable bonds is 5. The molecule has 0 aromatic heterocycles. The summed E-state index contributed by atoms with van der Waals surface area (Å²) in [5.74, 6) is -0.677. The van der Waals surface area contributed by atoms with E-state index >= 15 is 0 Å². The van der Waals surface area contributed by atoms with Crippen LogP contribution in [0.5, 0.6) is 0 Å². The number of primary amides is 1. The zero-order valence-electron chi connectivity index (χ0n) is 14.8. The maximum absolute atomic E-state index is 13.2. The first kappa shape index (κ1) is 19.8. The minimum Gasteiger partial charge on any atom is -0.367 e. The van der Waals surface area contributed by atoms with Gasteiger partial charge in [-0.25, -0.2) is 8.42 Å². The van der Waals surface area contributed by atoms with Crippen LogP contribution in [0.3, 0.4) is 0 Å². The molecule has 0 unspecified atom stereocenters. The monoisotopic (exact) mass is 408 g/mol. The van der Waals surface area contributed by atoms with Crippen LogP contribution in [0.2, 0.25) is 5.02 Å². The summed E-state index contributed by atoms with van der Waals surface area (Å²) in [5, 5.41) is 0.608. The summed E-state index contributed by atoms with van der Waals surface area (Å²) < 4.78 is 33.3. The molecule has 2 aromatic rings. The molecule has 3 rings (SSSR count). The average molecular weight is 409 g/mol. The number of benzene rings is 2. The van der Waals surface area contributed by atoms with Crippen LogP contribution in [0, 0.1) is 6.92 Å². The van der Waals surface area contributed by atoms with Gasteiger partial charge in [-0.05, 0) is 43.2 Å². The van der Waals surface area contributed by atoms with E-state index in [4.69, 9.17) is 22.1 Å². The fourth-order valence-corrected chi connectivity index (χ4v) is 4.78. The highest BCUT2D eigenvalue weighted by Gasteiger charge is 2.39. The minimum absolute atomic E-state index is 0.0846. The molecular weight excluding hydrogens is 388 g/mol. The van der Waals surface area contributed by atoms with Crippen molar-refractivity contribution in [3.63, 3.8) is 0 Å². The number of sulfonamides is 1. The van der Waals surface area contributed by atoms with Gasteiger partial charge in [0.15, 0.2) is 0 Å². The molecule has 144 valence electrons. The first-order valence-corrected chi connectivity index (χ1v) is 10.3. The molecule has 0 aliphatic carbocycles.